The Kier molecular flexibility index (Phi) is 4.82. The first-order valence-electron chi connectivity index (χ1n) is 5.88. The highest BCUT2D eigenvalue weighted by molar-refractivity contribution is 5.55. The van der Waals surface area contributed by atoms with Crippen molar-refractivity contribution in [2.45, 2.75) is 25.9 Å². The second-order valence-corrected chi connectivity index (χ2v) is 5.07. The molecule has 0 aliphatic carbocycles. The normalized spacial score (nSPS) is 11.7. The third-order valence-corrected chi connectivity index (χ3v) is 3.28. The Morgan fingerprint density at radius 2 is 2.16 bits per heavy atom. The van der Waals surface area contributed by atoms with Gasteiger partial charge in [-0.05, 0) is 32.5 Å². The molecular formula is C12H20N4O3. The van der Waals surface area contributed by atoms with Gasteiger partial charge in [-0.3, -0.25) is 20.9 Å². The van der Waals surface area contributed by atoms with Crippen molar-refractivity contribution < 1.29 is 10.0 Å². The van der Waals surface area contributed by atoms with Crippen LogP contribution >= 0.6 is 0 Å². The molecule has 1 rings (SSSR count). The summed E-state index contributed by atoms with van der Waals surface area (Å²) in [5, 5.41) is 20.1. The first-order valence-corrected chi connectivity index (χ1v) is 5.88. The Hall–Kier alpha value is -1.70. The van der Waals surface area contributed by atoms with E-state index in [1.54, 1.807) is 6.07 Å². The van der Waals surface area contributed by atoms with Gasteiger partial charge < -0.3 is 10.5 Å². The maximum Gasteiger partial charge on any atom is 0.269 e. The number of nitro benzene ring substituents is 1. The third-order valence-electron chi connectivity index (χ3n) is 3.28. The summed E-state index contributed by atoms with van der Waals surface area (Å²) >= 11 is 0. The SMILES string of the molecule is CN(Cc1cc([N+](=O)[O-])ccc1NN)C(C)(C)CO. The standard InChI is InChI=1S/C12H20N4O3/c1-12(2,8-17)15(3)7-9-6-10(16(18)19)4-5-11(9)14-13/h4-6,14,17H,7-8,13H2,1-3H3. The molecule has 0 heterocycles. The lowest BCUT2D eigenvalue weighted by Crippen LogP contribution is -2.43. The number of hydrogen-bond acceptors (Lipinski definition) is 6. The fraction of sp³-hybridized carbons (Fsp3) is 0.500. The molecule has 7 nitrogen and oxygen atoms in total. The predicted octanol–water partition coefficient (Wildman–Crippen LogP) is 1.08. The minimum Gasteiger partial charge on any atom is -0.394 e. The van der Waals surface area contributed by atoms with Gasteiger partial charge in [-0.1, -0.05) is 0 Å². The molecule has 0 spiro atoms. The average Bonchev–Trinajstić information content (AvgIpc) is 2.38. The molecule has 106 valence electrons. The van der Waals surface area contributed by atoms with Gasteiger partial charge in [0.15, 0.2) is 0 Å². The molecule has 0 aliphatic rings. The van der Waals surface area contributed by atoms with E-state index in [4.69, 9.17) is 5.84 Å². The van der Waals surface area contributed by atoms with Gasteiger partial charge in [0, 0.05) is 24.2 Å². The molecule has 0 aliphatic heterocycles. The number of aliphatic hydroxyl groups excluding tert-OH is 1. The summed E-state index contributed by atoms with van der Waals surface area (Å²) in [6, 6.07) is 4.46. The van der Waals surface area contributed by atoms with Crippen molar-refractivity contribution in [1.29, 1.82) is 0 Å². The van der Waals surface area contributed by atoms with Crippen molar-refractivity contribution in [1.82, 2.24) is 4.90 Å². The summed E-state index contributed by atoms with van der Waals surface area (Å²) in [4.78, 5) is 12.3. The number of hydrogen-bond donors (Lipinski definition) is 3. The Morgan fingerprint density at radius 3 is 2.63 bits per heavy atom. The zero-order valence-corrected chi connectivity index (χ0v) is 11.4. The largest absolute Gasteiger partial charge is 0.394 e. The zero-order chi connectivity index (χ0) is 14.6. The minimum atomic E-state index is -0.443. The Morgan fingerprint density at radius 1 is 1.53 bits per heavy atom. The van der Waals surface area contributed by atoms with Crippen LogP contribution < -0.4 is 11.3 Å². The van der Waals surface area contributed by atoms with Crippen LogP contribution in [0, 0.1) is 10.1 Å². The van der Waals surface area contributed by atoms with Gasteiger partial charge in [-0.2, -0.15) is 0 Å². The lowest BCUT2D eigenvalue weighted by atomic mass is 10.0. The number of non-ortho nitro benzene ring substituents is 1. The topological polar surface area (TPSA) is 105 Å². The lowest BCUT2D eigenvalue weighted by molar-refractivity contribution is -0.384. The maximum absolute atomic E-state index is 10.8. The molecule has 7 heteroatoms. The van der Waals surface area contributed by atoms with Gasteiger partial charge in [0.25, 0.3) is 5.69 Å². The molecule has 0 aromatic heterocycles. The van der Waals surface area contributed by atoms with E-state index in [-0.39, 0.29) is 12.3 Å². The summed E-state index contributed by atoms with van der Waals surface area (Å²) < 4.78 is 0. The number of aliphatic hydroxyl groups is 1. The monoisotopic (exact) mass is 268 g/mol. The number of nitrogens with zero attached hydrogens (tertiary/aromatic N) is 2. The fourth-order valence-corrected chi connectivity index (χ4v) is 1.56. The lowest BCUT2D eigenvalue weighted by Gasteiger charge is -2.34. The average molecular weight is 268 g/mol. The Bertz CT molecular complexity index is 462. The highest BCUT2D eigenvalue weighted by atomic mass is 16.6. The molecule has 4 N–H and O–H groups in total. The van der Waals surface area contributed by atoms with Gasteiger partial charge in [0.05, 0.1) is 17.2 Å². The summed E-state index contributed by atoms with van der Waals surface area (Å²) in [5.41, 5.74) is 3.46. The number of anilines is 1. The number of nitrogens with one attached hydrogen (secondary N) is 1. The van der Waals surface area contributed by atoms with Crippen LogP contribution in [0.15, 0.2) is 18.2 Å². The summed E-state index contributed by atoms with van der Waals surface area (Å²) in [5.74, 6) is 5.41. The van der Waals surface area contributed by atoms with E-state index >= 15 is 0 Å². The summed E-state index contributed by atoms with van der Waals surface area (Å²) in [7, 11) is 1.84. The molecule has 0 fully saturated rings. The van der Waals surface area contributed by atoms with Gasteiger partial charge in [0.2, 0.25) is 0 Å². The van der Waals surface area contributed by atoms with Gasteiger partial charge in [-0.25, -0.2) is 0 Å². The number of nitrogens with two attached hydrogens (primary N) is 1. The molecule has 19 heavy (non-hydrogen) atoms. The number of hydrazine groups is 1. The van der Waals surface area contributed by atoms with E-state index in [9.17, 15) is 15.2 Å². The van der Waals surface area contributed by atoms with Crippen molar-refractivity contribution >= 4 is 11.4 Å². The van der Waals surface area contributed by atoms with E-state index in [1.165, 1.54) is 12.1 Å². The van der Waals surface area contributed by atoms with E-state index in [1.807, 2.05) is 25.8 Å². The minimum absolute atomic E-state index is 0.0101. The molecule has 1 aromatic rings. The summed E-state index contributed by atoms with van der Waals surface area (Å²) in [6.07, 6.45) is 0. The quantitative estimate of drug-likeness (QED) is 0.405. The third kappa shape index (κ3) is 3.63. The molecule has 0 saturated heterocycles. The molecule has 0 amide bonds. The van der Waals surface area contributed by atoms with Crippen LogP contribution in [0.25, 0.3) is 0 Å². The van der Waals surface area contributed by atoms with Crippen LogP contribution in [0.3, 0.4) is 0 Å². The first kappa shape index (κ1) is 15.4. The van der Waals surface area contributed by atoms with Crippen LogP contribution in [-0.2, 0) is 6.54 Å². The van der Waals surface area contributed by atoms with E-state index in [0.29, 0.717) is 17.8 Å². The Labute approximate surface area is 112 Å². The molecule has 1 aromatic carbocycles. The smallest absolute Gasteiger partial charge is 0.269 e. The maximum atomic E-state index is 10.8. The van der Waals surface area contributed by atoms with Crippen molar-refractivity contribution in [2.75, 3.05) is 19.1 Å². The highest BCUT2D eigenvalue weighted by Crippen LogP contribution is 2.24. The highest BCUT2D eigenvalue weighted by Gasteiger charge is 2.23. The van der Waals surface area contributed by atoms with Crippen LogP contribution in [0.1, 0.15) is 19.4 Å². The number of rotatable bonds is 6. The number of benzene rings is 1. The molecule has 0 atom stereocenters. The predicted molar refractivity (Wildman–Crippen MR) is 73.5 cm³/mol. The van der Waals surface area contributed by atoms with Crippen molar-refractivity contribution in [2.24, 2.45) is 5.84 Å². The van der Waals surface area contributed by atoms with Gasteiger partial charge >= 0.3 is 0 Å². The fourth-order valence-electron chi connectivity index (χ4n) is 1.56. The van der Waals surface area contributed by atoms with E-state index < -0.39 is 10.5 Å². The molecular weight excluding hydrogens is 248 g/mol. The zero-order valence-electron chi connectivity index (χ0n) is 11.4. The molecule has 0 saturated carbocycles. The van der Waals surface area contributed by atoms with Crippen LogP contribution in [-0.4, -0.2) is 34.1 Å². The van der Waals surface area contributed by atoms with Crippen LogP contribution in [0.4, 0.5) is 11.4 Å². The van der Waals surface area contributed by atoms with Crippen molar-refractivity contribution in [3.8, 4) is 0 Å². The van der Waals surface area contributed by atoms with Crippen molar-refractivity contribution in [3.63, 3.8) is 0 Å². The van der Waals surface area contributed by atoms with Gasteiger partial charge in [-0.15, -0.1) is 0 Å². The molecule has 0 bridgehead atoms. The second kappa shape index (κ2) is 5.96. The van der Waals surface area contributed by atoms with E-state index in [2.05, 4.69) is 5.43 Å². The molecule has 0 radical (unpaired) electrons. The number of nitro groups is 1. The second-order valence-electron chi connectivity index (χ2n) is 5.07. The van der Waals surface area contributed by atoms with Crippen LogP contribution in [0.5, 0.6) is 0 Å². The first-order chi connectivity index (χ1) is 8.81. The number of nitrogen functional groups attached to an aromatic ring is 1. The molecule has 0 unspecified atom stereocenters. The van der Waals surface area contributed by atoms with Gasteiger partial charge in [0.1, 0.15) is 0 Å². The van der Waals surface area contributed by atoms with Crippen LogP contribution in [0.2, 0.25) is 0 Å². The summed E-state index contributed by atoms with van der Waals surface area (Å²) in [6.45, 7) is 4.21. The number of likely N-dealkylation sites (N-methyl/N-ethyl adjacent to an activating group) is 1. The van der Waals surface area contributed by atoms with E-state index in [0.717, 1.165) is 0 Å². The van der Waals surface area contributed by atoms with Crippen molar-refractivity contribution in [3.05, 3.63) is 33.9 Å². The Balaban J connectivity index is 3.04.